The first-order chi connectivity index (χ1) is 18.1. The van der Waals surface area contributed by atoms with Gasteiger partial charge in [0.25, 0.3) is 15.9 Å². The van der Waals surface area contributed by atoms with E-state index < -0.39 is 10.0 Å². The number of carbonyl (C=O) groups is 1. The highest BCUT2D eigenvalue weighted by molar-refractivity contribution is 7.92. The number of aryl methyl sites for hydroxylation is 2. The molecular weight excluding hydrogens is 516 g/mol. The van der Waals surface area contributed by atoms with Gasteiger partial charge >= 0.3 is 0 Å². The van der Waals surface area contributed by atoms with Crippen molar-refractivity contribution in [1.29, 1.82) is 0 Å². The zero-order valence-electron chi connectivity index (χ0n) is 22.1. The summed E-state index contributed by atoms with van der Waals surface area (Å²) in [6, 6.07) is 18.0. The quantitative estimate of drug-likeness (QED) is 0.300. The van der Waals surface area contributed by atoms with Gasteiger partial charge in [0.15, 0.2) is 5.13 Å². The Kier molecular flexibility index (Phi) is 7.26. The zero-order chi connectivity index (χ0) is 27.0. The second kappa shape index (κ2) is 10.5. The minimum atomic E-state index is -3.72. The van der Waals surface area contributed by atoms with Crippen LogP contribution in [-0.4, -0.2) is 57.9 Å². The molecule has 0 fully saturated rings. The van der Waals surface area contributed by atoms with Crippen LogP contribution in [-0.2, 0) is 16.4 Å². The number of carbonyl (C=O) groups excluding carboxylic acids is 1. The predicted octanol–water partition coefficient (Wildman–Crippen LogP) is 5.26. The van der Waals surface area contributed by atoms with Crippen LogP contribution in [0.3, 0.4) is 0 Å². The third-order valence-corrected chi connectivity index (χ3v) is 9.86. The Bertz CT molecular complexity index is 1590. The molecule has 0 saturated heterocycles. The number of anilines is 2. The fourth-order valence-electron chi connectivity index (χ4n) is 4.92. The molecule has 4 aromatic rings. The summed E-state index contributed by atoms with van der Waals surface area (Å²) >= 11 is 1.52. The van der Waals surface area contributed by atoms with Gasteiger partial charge in [-0.1, -0.05) is 35.6 Å². The molecule has 2 heterocycles. The van der Waals surface area contributed by atoms with E-state index in [-0.39, 0.29) is 10.8 Å². The molecule has 1 amide bonds. The van der Waals surface area contributed by atoms with Gasteiger partial charge in [-0.15, -0.1) is 0 Å². The van der Waals surface area contributed by atoms with Crippen LogP contribution in [0, 0.1) is 13.8 Å². The second-order valence-corrected chi connectivity index (χ2v) is 12.9. The Labute approximate surface area is 228 Å². The van der Waals surface area contributed by atoms with E-state index in [0.717, 1.165) is 45.6 Å². The molecule has 0 bridgehead atoms. The van der Waals surface area contributed by atoms with E-state index in [1.54, 1.807) is 17.0 Å². The van der Waals surface area contributed by atoms with E-state index in [9.17, 15) is 13.2 Å². The number of rotatable bonds is 8. The molecule has 1 aliphatic rings. The van der Waals surface area contributed by atoms with E-state index in [0.29, 0.717) is 30.2 Å². The van der Waals surface area contributed by atoms with Gasteiger partial charge in [0.2, 0.25) is 0 Å². The van der Waals surface area contributed by atoms with Gasteiger partial charge in [0.1, 0.15) is 0 Å². The van der Waals surface area contributed by atoms with Gasteiger partial charge in [-0.3, -0.25) is 14.0 Å². The average Bonchev–Trinajstić information content (AvgIpc) is 3.51. The normalized spacial score (nSPS) is 13.3. The summed E-state index contributed by atoms with van der Waals surface area (Å²) < 4.78 is 29.4. The van der Waals surface area contributed by atoms with Crippen molar-refractivity contribution in [1.82, 2.24) is 9.88 Å². The SMILES string of the molecule is Cc1cc(C)c2sc(N(CCCN(C)C)C(=O)c3ccc(S(=O)(=O)N4CCc5ccccc54)cc3)nc2c1. The summed E-state index contributed by atoms with van der Waals surface area (Å²) in [7, 11) is 0.291. The molecule has 0 N–H and O–H groups in total. The van der Waals surface area contributed by atoms with Gasteiger partial charge in [-0.05, 0) is 100 Å². The summed E-state index contributed by atoms with van der Waals surface area (Å²) in [6.45, 7) is 5.87. The minimum Gasteiger partial charge on any atom is -0.309 e. The number of hydrogen-bond acceptors (Lipinski definition) is 6. The van der Waals surface area contributed by atoms with Crippen LogP contribution in [0.25, 0.3) is 10.2 Å². The van der Waals surface area contributed by atoms with Crippen molar-refractivity contribution in [3.8, 4) is 0 Å². The fraction of sp³-hybridized carbons (Fsp3) is 0.310. The van der Waals surface area contributed by atoms with Crippen LogP contribution in [0.2, 0.25) is 0 Å². The molecule has 1 aromatic heterocycles. The number of nitrogens with zero attached hydrogens (tertiary/aromatic N) is 4. The Morgan fingerprint density at radius 3 is 2.50 bits per heavy atom. The molecule has 38 heavy (non-hydrogen) atoms. The predicted molar refractivity (Wildman–Crippen MR) is 155 cm³/mol. The number of aromatic nitrogens is 1. The van der Waals surface area contributed by atoms with Gasteiger partial charge in [-0.2, -0.15) is 0 Å². The Balaban J connectivity index is 1.44. The topological polar surface area (TPSA) is 73.8 Å². The summed E-state index contributed by atoms with van der Waals surface area (Å²) in [4.78, 5) is 22.6. The Morgan fingerprint density at radius 2 is 1.76 bits per heavy atom. The number of para-hydroxylation sites is 1. The summed E-state index contributed by atoms with van der Waals surface area (Å²) in [5.74, 6) is -0.187. The van der Waals surface area contributed by atoms with Crippen molar-refractivity contribution in [2.75, 3.05) is 42.9 Å². The second-order valence-electron chi connectivity index (χ2n) is 10.0. The number of hydrogen-bond donors (Lipinski definition) is 0. The molecule has 5 rings (SSSR count). The minimum absolute atomic E-state index is 0.177. The first-order valence-electron chi connectivity index (χ1n) is 12.7. The molecule has 198 valence electrons. The lowest BCUT2D eigenvalue weighted by molar-refractivity contribution is 0.0986. The van der Waals surface area contributed by atoms with E-state index in [2.05, 4.69) is 17.9 Å². The van der Waals surface area contributed by atoms with Crippen LogP contribution >= 0.6 is 11.3 Å². The highest BCUT2D eigenvalue weighted by Gasteiger charge is 2.31. The van der Waals surface area contributed by atoms with Gasteiger partial charge in [-0.25, -0.2) is 13.4 Å². The lowest BCUT2D eigenvalue weighted by atomic mass is 10.1. The maximum atomic E-state index is 13.7. The van der Waals surface area contributed by atoms with Crippen molar-refractivity contribution in [3.05, 3.63) is 82.9 Å². The molecule has 0 radical (unpaired) electrons. The van der Waals surface area contributed by atoms with Crippen LogP contribution in [0.5, 0.6) is 0 Å². The number of fused-ring (bicyclic) bond motifs is 2. The zero-order valence-corrected chi connectivity index (χ0v) is 23.8. The Hall–Kier alpha value is -3.27. The third kappa shape index (κ3) is 5.06. The molecule has 0 unspecified atom stereocenters. The summed E-state index contributed by atoms with van der Waals surface area (Å²) in [5, 5.41) is 0.655. The van der Waals surface area contributed by atoms with Gasteiger partial charge in [0, 0.05) is 18.7 Å². The molecule has 0 aliphatic carbocycles. The van der Waals surface area contributed by atoms with Crippen LogP contribution in [0.1, 0.15) is 33.5 Å². The van der Waals surface area contributed by atoms with Gasteiger partial charge < -0.3 is 4.90 Å². The molecule has 0 saturated carbocycles. The number of thiazole rings is 1. The van der Waals surface area contributed by atoms with E-state index in [1.807, 2.05) is 51.4 Å². The summed E-state index contributed by atoms with van der Waals surface area (Å²) in [6.07, 6.45) is 1.47. The molecule has 3 aromatic carbocycles. The van der Waals surface area contributed by atoms with Crippen molar-refractivity contribution >= 4 is 48.3 Å². The number of sulfonamides is 1. The number of amides is 1. The molecule has 0 atom stereocenters. The Morgan fingerprint density at radius 1 is 1.03 bits per heavy atom. The molecular formula is C29H32N4O3S2. The third-order valence-electron chi connectivity index (χ3n) is 6.81. The van der Waals surface area contributed by atoms with Crippen molar-refractivity contribution in [2.45, 2.75) is 31.6 Å². The number of benzene rings is 3. The van der Waals surface area contributed by atoms with Crippen LogP contribution in [0.15, 0.2) is 65.6 Å². The monoisotopic (exact) mass is 548 g/mol. The van der Waals surface area contributed by atoms with Crippen molar-refractivity contribution in [3.63, 3.8) is 0 Å². The fourth-order valence-corrected chi connectivity index (χ4v) is 7.46. The van der Waals surface area contributed by atoms with Crippen molar-refractivity contribution < 1.29 is 13.2 Å². The first kappa shape index (κ1) is 26.3. The van der Waals surface area contributed by atoms with Crippen molar-refractivity contribution in [2.24, 2.45) is 0 Å². The highest BCUT2D eigenvalue weighted by Crippen LogP contribution is 2.34. The highest BCUT2D eigenvalue weighted by atomic mass is 32.2. The molecule has 1 aliphatic heterocycles. The molecule has 0 spiro atoms. The van der Waals surface area contributed by atoms with E-state index >= 15 is 0 Å². The maximum Gasteiger partial charge on any atom is 0.264 e. The van der Waals surface area contributed by atoms with Crippen LogP contribution in [0.4, 0.5) is 10.8 Å². The maximum absolute atomic E-state index is 13.7. The molecule has 9 heteroatoms. The first-order valence-corrected chi connectivity index (χ1v) is 15.0. The average molecular weight is 549 g/mol. The molecule has 7 nitrogen and oxygen atoms in total. The van der Waals surface area contributed by atoms with Crippen LogP contribution < -0.4 is 9.21 Å². The van der Waals surface area contributed by atoms with Gasteiger partial charge in [0.05, 0.1) is 20.8 Å². The standard InChI is InChI=1S/C29H32N4O3S2/c1-20-18-21(2)27-25(19-20)30-29(37-27)32(16-7-15-31(3)4)28(34)23-10-12-24(13-11-23)38(35,36)33-17-14-22-8-5-6-9-26(22)33/h5-6,8-13,18-19H,7,14-17H2,1-4H3. The van der Waals surface area contributed by atoms with E-state index in [4.69, 9.17) is 4.98 Å². The summed E-state index contributed by atoms with van der Waals surface area (Å²) in [5.41, 5.74) is 5.35. The largest absolute Gasteiger partial charge is 0.309 e. The lowest BCUT2D eigenvalue weighted by Crippen LogP contribution is -2.33. The lowest BCUT2D eigenvalue weighted by Gasteiger charge is -2.22. The van der Waals surface area contributed by atoms with E-state index in [1.165, 1.54) is 27.8 Å². The smallest absolute Gasteiger partial charge is 0.264 e.